The molecule has 9 heteroatoms. The van der Waals surface area contributed by atoms with Crippen molar-refractivity contribution < 1.29 is 9.59 Å². The van der Waals surface area contributed by atoms with Gasteiger partial charge in [0, 0.05) is 37.1 Å². The number of benzene rings is 1. The zero-order chi connectivity index (χ0) is 19.2. The van der Waals surface area contributed by atoms with Crippen molar-refractivity contribution in [3.63, 3.8) is 0 Å². The van der Waals surface area contributed by atoms with Crippen LogP contribution in [0, 0.1) is 0 Å². The minimum absolute atomic E-state index is 0.185. The quantitative estimate of drug-likeness (QED) is 0.718. The van der Waals surface area contributed by atoms with Crippen LogP contribution in [0.2, 0.25) is 10.0 Å². The number of halogens is 2. The van der Waals surface area contributed by atoms with Gasteiger partial charge in [-0.25, -0.2) is 9.97 Å². The summed E-state index contributed by atoms with van der Waals surface area (Å²) in [4.78, 5) is 35.0. The molecule has 2 amide bonds. The lowest BCUT2D eigenvalue weighted by molar-refractivity contribution is -0.124. The van der Waals surface area contributed by atoms with Crippen LogP contribution >= 0.6 is 23.2 Å². The molecule has 0 aliphatic carbocycles. The number of carbonyl (C=O) groups is 2. The smallest absolute Gasteiger partial charge is 0.256 e. The number of carbonyl (C=O) groups excluding carboxylic acids is 2. The van der Waals surface area contributed by atoms with E-state index in [1.165, 1.54) is 6.07 Å². The Kier molecular flexibility index (Phi) is 6.47. The van der Waals surface area contributed by atoms with E-state index in [0.717, 1.165) is 6.42 Å². The fraction of sp³-hybridized carbons (Fsp3) is 0.333. The lowest BCUT2D eigenvalue weighted by atomic mass is 10.1. The van der Waals surface area contributed by atoms with Gasteiger partial charge in [0.2, 0.25) is 11.9 Å². The maximum Gasteiger partial charge on any atom is 0.256 e. The second-order valence-corrected chi connectivity index (χ2v) is 6.91. The molecule has 2 heterocycles. The van der Waals surface area contributed by atoms with Crippen molar-refractivity contribution in [2.24, 2.45) is 0 Å². The van der Waals surface area contributed by atoms with E-state index in [1.54, 1.807) is 35.5 Å². The van der Waals surface area contributed by atoms with Crippen molar-refractivity contribution in [1.29, 1.82) is 0 Å². The molecule has 2 N–H and O–H groups in total. The SMILES string of the molecule is O=C(NCCNc1ncccn1)[C@@H]1CCCN1C(=O)c1cc(Cl)ccc1Cl. The largest absolute Gasteiger partial charge is 0.353 e. The van der Waals surface area contributed by atoms with Gasteiger partial charge in [-0.05, 0) is 37.1 Å². The summed E-state index contributed by atoms with van der Waals surface area (Å²) in [5.74, 6) is 0.0331. The molecule has 3 rings (SSSR count). The standard InChI is InChI=1S/C18H19Cl2N5O2/c19-12-4-5-14(20)13(11-12)17(27)25-10-1-3-15(25)16(26)21-8-9-24-18-22-6-2-7-23-18/h2,4-7,11,15H,1,3,8-10H2,(H,21,26)(H,22,23,24)/t15-/m0/s1. The van der Waals surface area contributed by atoms with Crippen molar-refractivity contribution in [2.75, 3.05) is 25.0 Å². The molecule has 27 heavy (non-hydrogen) atoms. The molecule has 2 aromatic rings. The normalized spacial score (nSPS) is 16.2. The Morgan fingerprint density at radius 3 is 2.74 bits per heavy atom. The van der Waals surface area contributed by atoms with Gasteiger partial charge in [-0.2, -0.15) is 0 Å². The van der Waals surface area contributed by atoms with E-state index in [9.17, 15) is 9.59 Å². The molecule has 1 aliphatic rings. The first kappa shape index (κ1) is 19.4. The third-order valence-electron chi connectivity index (χ3n) is 4.25. The summed E-state index contributed by atoms with van der Waals surface area (Å²) in [5.41, 5.74) is 0.312. The Labute approximate surface area is 167 Å². The number of aromatic nitrogens is 2. The zero-order valence-corrected chi connectivity index (χ0v) is 16.0. The molecule has 0 spiro atoms. The maximum atomic E-state index is 12.8. The van der Waals surface area contributed by atoms with Crippen LogP contribution in [0.5, 0.6) is 0 Å². The van der Waals surface area contributed by atoms with Crippen LogP contribution in [0.1, 0.15) is 23.2 Å². The summed E-state index contributed by atoms with van der Waals surface area (Å²) >= 11 is 12.1. The predicted octanol–water partition coefficient (Wildman–Crippen LogP) is 2.62. The van der Waals surface area contributed by atoms with Crippen molar-refractivity contribution in [3.05, 3.63) is 52.3 Å². The molecular weight excluding hydrogens is 389 g/mol. The first-order valence-electron chi connectivity index (χ1n) is 8.61. The molecule has 0 bridgehead atoms. The molecule has 1 atom stereocenters. The van der Waals surface area contributed by atoms with Crippen LogP contribution in [0.25, 0.3) is 0 Å². The molecule has 1 aromatic carbocycles. The van der Waals surface area contributed by atoms with Crippen LogP contribution in [0.15, 0.2) is 36.7 Å². The van der Waals surface area contributed by atoms with Gasteiger partial charge in [-0.15, -0.1) is 0 Å². The van der Waals surface area contributed by atoms with E-state index in [1.807, 2.05) is 0 Å². The third kappa shape index (κ3) is 4.87. The van der Waals surface area contributed by atoms with Gasteiger partial charge < -0.3 is 15.5 Å². The van der Waals surface area contributed by atoms with Crippen LogP contribution in [0.4, 0.5) is 5.95 Å². The minimum atomic E-state index is -0.513. The molecule has 142 valence electrons. The highest BCUT2D eigenvalue weighted by molar-refractivity contribution is 6.35. The Balaban J connectivity index is 1.56. The van der Waals surface area contributed by atoms with E-state index >= 15 is 0 Å². The number of likely N-dealkylation sites (tertiary alicyclic amines) is 1. The van der Waals surface area contributed by atoms with Crippen molar-refractivity contribution >= 4 is 41.0 Å². The second kappa shape index (κ2) is 9.01. The number of rotatable bonds is 6. The van der Waals surface area contributed by atoms with E-state index in [2.05, 4.69) is 20.6 Å². The number of anilines is 1. The molecule has 1 aromatic heterocycles. The highest BCUT2D eigenvalue weighted by atomic mass is 35.5. The summed E-state index contributed by atoms with van der Waals surface area (Å²) < 4.78 is 0. The number of nitrogens with zero attached hydrogens (tertiary/aromatic N) is 3. The average Bonchev–Trinajstić information content (AvgIpc) is 3.17. The number of hydrogen-bond donors (Lipinski definition) is 2. The summed E-state index contributed by atoms with van der Waals surface area (Å²) in [5, 5.41) is 6.61. The zero-order valence-electron chi connectivity index (χ0n) is 14.5. The van der Waals surface area contributed by atoms with Crippen molar-refractivity contribution in [3.8, 4) is 0 Å². The monoisotopic (exact) mass is 407 g/mol. The van der Waals surface area contributed by atoms with E-state index < -0.39 is 6.04 Å². The van der Waals surface area contributed by atoms with Gasteiger partial charge >= 0.3 is 0 Å². The summed E-state index contributed by atoms with van der Waals surface area (Å²) in [7, 11) is 0. The van der Waals surface area contributed by atoms with Gasteiger partial charge in [0.05, 0.1) is 10.6 Å². The molecule has 1 fully saturated rings. The molecule has 1 saturated heterocycles. The molecule has 0 unspecified atom stereocenters. The van der Waals surface area contributed by atoms with E-state index in [0.29, 0.717) is 47.6 Å². The molecule has 1 aliphatic heterocycles. The highest BCUT2D eigenvalue weighted by Gasteiger charge is 2.35. The van der Waals surface area contributed by atoms with Gasteiger partial charge in [0.1, 0.15) is 6.04 Å². The van der Waals surface area contributed by atoms with Crippen LogP contribution < -0.4 is 10.6 Å². The Morgan fingerprint density at radius 2 is 1.96 bits per heavy atom. The summed E-state index contributed by atoms with van der Waals surface area (Å²) in [6, 6.07) is 5.95. The van der Waals surface area contributed by atoms with Crippen LogP contribution in [-0.2, 0) is 4.79 Å². The van der Waals surface area contributed by atoms with E-state index in [-0.39, 0.29) is 11.8 Å². The fourth-order valence-corrected chi connectivity index (χ4v) is 3.34. The van der Waals surface area contributed by atoms with Crippen LogP contribution in [-0.4, -0.2) is 52.4 Å². The predicted molar refractivity (Wildman–Crippen MR) is 104 cm³/mol. The van der Waals surface area contributed by atoms with Crippen molar-refractivity contribution in [1.82, 2.24) is 20.2 Å². The summed E-state index contributed by atoms with van der Waals surface area (Å²) in [6.45, 7) is 1.39. The highest BCUT2D eigenvalue weighted by Crippen LogP contribution is 2.26. The Bertz CT molecular complexity index is 819. The maximum absolute atomic E-state index is 12.8. The second-order valence-electron chi connectivity index (χ2n) is 6.07. The number of hydrogen-bond acceptors (Lipinski definition) is 5. The van der Waals surface area contributed by atoms with Gasteiger partial charge in [0.15, 0.2) is 0 Å². The molecule has 0 radical (unpaired) electrons. The first-order chi connectivity index (χ1) is 13.1. The number of amides is 2. The third-order valence-corrected chi connectivity index (χ3v) is 4.81. The topological polar surface area (TPSA) is 87.2 Å². The fourth-order valence-electron chi connectivity index (χ4n) is 2.97. The van der Waals surface area contributed by atoms with Gasteiger partial charge in [-0.3, -0.25) is 9.59 Å². The lowest BCUT2D eigenvalue weighted by Crippen LogP contribution is -2.46. The minimum Gasteiger partial charge on any atom is -0.353 e. The summed E-state index contributed by atoms with van der Waals surface area (Å²) in [6.07, 6.45) is 4.65. The van der Waals surface area contributed by atoms with E-state index in [4.69, 9.17) is 23.2 Å². The van der Waals surface area contributed by atoms with Crippen LogP contribution in [0.3, 0.4) is 0 Å². The Morgan fingerprint density at radius 1 is 1.19 bits per heavy atom. The van der Waals surface area contributed by atoms with Gasteiger partial charge in [0.25, 0.3) is 5.91 Å². The molecule has 7 nitrogen and oxygen atoms in total. The molecular formula is C18H19Cl2N5O2. The first-order valence-corrected chi connectivity index (χ1v) is 9.36. The van der Waals surface area contributed by atoms with Crippen molar-refractivity contribution in [2.45, 2.75) is 18.9 Å². The average molecular weight is 408 g/mol. The number of nitrogens with one attached hydrogen (secondary N) is 2. The van der Waals surface area contributed by atoms with Gasteiger partial charge in [-0.1, -0.05) is 23.2 Å². The lowest BCUT2D eigenvalue weighted by Gasteiger charge is -2.24. The Hall–Kier alpha value is -2.38. The molecule has 0 saturated carbocycles.